The molecular weight excluding hydrogens is 277 g/mol. The summed E-state index contributed by atoms with van der Waals surface area (Å²) >= 11 is 0. The van der Waals surface area contributed by atoms with Crippen molar-refractivity contribution in [2.45, 2.75) is 4.90 Å². The van der Waals surface area contributed by atoms with Gasteiger partial charge in [0.25, 0.3) is 0 Å². The quantitative estimate of drug-likeness (QED) is 0.436. The SMILES string of the molecule is CN(c1cccc(S(=O)(=O)[O-])c1)S(C)(=O)=O.[Na+]. The zero-order valence-electron chi connectivity index (χ0n) is 9.61. The van der Waals surface area contributed by atoms with Crippen molar-refractivity contribution in [3.8, 4) is 0 Å². The fourth-order valence-electron chi connectivity index (χ4n) is 1.03. The number of anilines is 1. The van der Waals surface area contributed by atoms with E-state index in [2.05, 4.69) is 0 Å². The summed E-state index contributed by atoms with van der Waals surface area (Å²) in [6.45, 7) is 0. The van der Waals surface area contributed by atoms with E-state index < -0.39 is 25.0 Å². The molecule has 0 spiro atoms. The zero-order valence-corrected chi connectivity index (χ0v) is 13.2. The summed E-state index contributed by atoms with van der Waals surface area (Å²) in [7, 11) is -6.79. The Morgan fingerprint density at radius 1 is 1.18 bits per heavy atom. The van der Waals surface area contributed by atoms with Crippen LogP contribution in [0, 0.1) is 0 Å². The minimum Gasteiger partial charge on any atom is -0.744 e. The van der Waals surface area contributed by atoms with Crippen LogP contribution in [0.1, 0.15) is 0 Å². The molecule has 0 aromatic heterocycles. The van der Waals surface area contributed by atoms with E-state index in [-0.39, 0.29) is 35.2 Å². The molecule has 0 saturated heterocycles. The van der Waals surface area contributed by atoms with Crippen LogP contribution in [-0.4, -0.2) is 34.7 Å². The first-order valence-electron chi connectivity index (χ1n) is 4.12. The molecule has 0 unspecified atom stereocenters. The van der Waals surface area contributed by atoms with Crippen LogP contribution in [-0.2, 0) is 20.1 Å². The molecular formula is C8H10NNaO5S2. The molecule has 0 aliphatic carbocycles. The second kappa shape index (κ2) is 5.68. The van der Waals surface area contributed by atoms with Crippen molar-refractivity contribution in [2.75, 3.05) is 17.6 Å². The molecule has 1 aromatic rings. The molecule has 9 heteroatoms. The van der Waals surface area contributed by atoms with Crippen LogP contribution in [0.4, 0.5) is 5.69 Å². The predicted octanol–water partition coefficient (Wildman–Crippen LogP) is -3.01. The van der Waals surface area contributed by atoms with Crippen LogP contribution in [0.2, 0.25) is 0 Å². The molecule has 17 heavy (non-hydrogen) atoms. The largest absolute Gasteiger partial charge is 1.00 e. The smallest absolute Gasteiger partial charge is 0.744 e. The predicted molar refractivity (Wildman–Crippen MR) is 57.7 cm³/mol. The van der Waals surface area contributed by atoms with Gasteiger partial charge in [-0.25, -0.2) is 16.8 Å². The Hall–Kier alpha value is -0.120. The first-order valence-corrected chi connectivity index (χ1v) is 7.38. The maximum atomic E-state index is 11.2. The van der Waals surface area contributed by atoms with Gasteiger partial charge in [-0.2, -0.15) is 0 Å². The van der Waals surface area contributed by atoms with E-state index in [9.17, 15) is 21.4 Å². The van der Waals surface area contributed by atoms with E-state index in [1.165, 1.54) is 19.2 Å². The summed E-state index contributed by atoms with van der Waals surface area (Å²) in [6, 6.07) is 4.84. The summed E-state index contributed by atoms with van der Waals surface area (Å²) in [5, 5.41) is 0. The first-order chi connectivity index (χ1) is 7.12. The Bertz CT molecular complexity index is 596. The molecule has 0 fully saturated rings. The minimum absolute atomic E-state index is 0. The van der Waals surface area contributed by atoms with E-state index in [0.29, 0.717) is 0 Å². The van der Waals surface area contributed by atoms with Crippen molar-refractivity contribution in [2.24, 2.45) is 0 Å². The number of nitrogens with zero attached hydrogens (tertiary/aromatic N) is 1. The van der Waals surface area contributed by atoms with Gasteiger partial charge in [0, 0.05) is 7.05 Å². The van der Waals surface area contributed by atoms with Gasteiger partial charge in [-0.1, -0.05) is 6.07 Å². The van der Waals surface area contributed by atoms with Gasteiger partial charge < -0.3 is 4.55 Å². The third-order valence-electron chi connectivity index (χ3n) is 1.97. The van der Waals surface area contributed by atoms with Crippen molar-refractivity contribution in [1.82, 2.24) is 0 Å². The van der Waals surface area contributed by atoms with Crippen LogP contribution in [0.25, 0.3) is 0 Å². The van der Waals surface area contributed by atoms with E-state index in [1.807, 2.05) is 0 Å². The molecule has 6 nitrogen and oxygen atoms in total. The number of sulfonamides is 1. The summed E-state index contributed by atoms with van der Waals surface area (Å²) in [4.78, 5) is -0.458. The van der Waals surface area contributed by atoms with E-state index in [0.717, 1.165) is 22.7 Å². The maximum absolute atomic E-state index is 11.2. The summed E-state index contributed by atoms with van der Waals surface area (Å²) in [5.74, 6) is 0. The standard InChI is InChI=1S/C8H11NO5S2.Na/c1-9(15(2,10)11)7-4-3-5-8(6-7)16(12,13)14;/h3-6H,1-2H3,(H,12,13,14);/q;+1/p-1. The maximum Gasteiger partial charge on any atom is 1.00 e. The molecule has 1 aromatic carbocycles. The van der Waals surface area contributed by atoms with Gasteiger partial charge in [-0.05, 0) is 18.2 Å². The second-order valence-corrected chi connectivity index (χ2v) is 6.58. The Morgan fingerprint density at radius 2 is 1.71 bits per heavy atom. The van der Waals surface area contributed by atoms with Crippen molar-refractivity contribution >= 4 is 25.8 Å². The van der Waals surface area contributed by atoms with E-state index >= 15 is 0 Å². The molecule has 0 atom stereocenters. The monoisotopic (exact) mass is 287 g/mol. The van der Waals surface area contributed by atoms with Crippen molar-refractivity contribution < 1.29 is 50.9 Å². The molecule has 0 aliphatic rings. The number of hydrogen-bond donors (Lipinski definition) is 0. The van der Waals surface area contributed by atoms with E-state index in [4.69, 9.17) is 0 Å². The van der Waals surface area contributed by atoms with Gasteiger partial charge in [-0.3, -0.25) is 4.31 Å². The van der Waals surface area contributed by atoms with Crippen molar-refractivity contribution in [3.63, 3.8) is 0 Å². The van der Waals surface area contributed by atoms with Crippen LogP contribution in [0.3, 0.4) is 0 Å². The van der Waals surface area contributed by atoms with Crippen LogP contribution < -0.4 is 33.9 Å². The third kappa shape index (κ3) is 4.57. The van der Waals surface area contributed by atoms with Crippen LogP contribution >= 0.6 is 0 Å². The van der Waals surface area contributed by atoms with Crippen LogP contribution in [0.5, 0.6) is 0 Å². The number of benzene rings is 1. The minimum atomic E-state index is -4.58. The van der Waals surface area contributed by atoms with Gasteiger partial charge >= 0.3 is 29.6 Å². The van der Waals surface area contributed by atoms with Crippen molar-refractivity contribution in [1.29, 1.82) is 0 Å². The molecule has 90 valence electrons. The fourth-order valence-corrected chi connectivity index (χ4v) is 2.03. The molecule has 0 saturated carbocycles. The first kappa shape index (κ1) is 16.9. The molecule has 0 aliphatic heterocycles. The third-order valence-corrected chi connectivity index (χ3v) is 4.00. The Balaban J connectivity index is 0.00000256. The van der Waals surface area contributed by atoms with Gasteiger partial charge in [0.2, 0.25) is 10.0 Å². The normalized spacial score (nSPS) is 11.7. The van der Waals surface area contributed by atoms with Gasteiger partial charge in [0.15, 0.2) is 0 Å². The number of hydrogen-bond acceptors (Lipinski definition) is 5. The second-order valence-electron chi connectivity index (χ2n) is 3.18. The summed E-state index contributed by atoms with van der Waals surface area (Å²) in [5.41, 5.74) is 0.124. The van der Waals surface area contributed by atoms with E-state index in [1.54, 1.807) is 0 Å². The van der Waals surface area contributed by atoms with Gasteiger partial charge in [-0.15, -0.1) is 0 Å². The average Bonchev–Trinajstić information content (AvgIpc) is 2.14. The Kier molecular flexibility index (Phi) is 5.64. The molecule has 0 heterocycles. The number of rotatable bonds is 3. The topological polar surface area (TPSA) is 94.6 Å². The fraction of sp³-hybridized carbons (Fsp3) is 0.250. The average molecular weight is 287 g/mol. The van der Waals surface area contributed by atoms with Gasteiger partial charge in [0.1, 0.15) is 10.1 Å². The molecule has 0 amide bonds. The molecule has 1 rings (SSSR count). The summed E-state index contributed by atoms with van der Waals surface area (Å²) in [6.07, 6.45) is 0.978. The molecule has 0 N–H and O–H groups in total. The van der Waals surface area contributed by atoms with Crippen molar-refractivity contribution in [3.05, 3.63) is 24.3 Å². The Labute approximate surface area is 123 Å². The van der Waals surface area contributed by atoms with Crippen LogP contribution in [0.15, 0.2) is 29.2 Å². The zero-order chi connectivity index (χ0) is 12.6. The molecule has 0 radical (unpaired) electrons. The Morgan fingerprint density at radius 3 is 2.12 bits per heavy atom. The molecule has 0 bridgehead atoms. The summed E-state index contributed by atoms with van der Waals surface area (Å²) < 4.78 is 55.5. The van der Waals surface area contributed by atoms with Gasteiger partial charge in [0.05, 0.1) is 16.8 Å².